The minimum absolute atomic E-state index is 0.231. The normalized spacial score (nSPS) is 12.7. The average Bonchev–Trinajstić information content (AvgIpc) is 2.79. The molecule has 1 aliphatic heterocycles. The van der Waals surface area contributed by atoms with E-state index in [1.54, 1.807) is 31.2 Å². The lowest BCUT2D eigenvalue weighted by Gasteiger charge is -2.18. The van der Waals surface area contributed by atoms with Crippen molar-refractivity contribution < 1.29 is 28.5 Å². The first-order chi connectivity index (χ1) is 14.5. The molecule has 0 aliphatic carbocycles. The van der Waals surface area contributed by atoms with Gasteiger partial charge in [0.2, 0.25) is 0 Å². The highest BCUT2D eigenvalue weighted by molar-refractivity contribution is 6.00. The van der Waals surface area contributed by atoms with Gasteiger partial charge in [0.25, 0.3) is 11.8 Å². The van der Waals surface area contributed by atoms with Crippen molar-refractivity contribution in [2.45, 2.75) is 6.92 Å². The van der Waals surface area contributed by atoms with E-state index in [0.29, 0.717) is 47.5 Å². The molecule has 0 aromatic heterocycles. The number of methoxy groups -OCH3 is 2. The molecule has 2 amide bonds. The summed E-state index contributed by atoms with van der Waals surface area (Å²) >= 11 is 0. The Morgan fingerprint density at radius 3 is 2.40 bits per heavy atom. The van der Waals surface area contributed by atoms with Gasteiger partial charge in [0.05, 0.1) is 26.5 Å². The van der Waals surface area contributed by atoms with E-state index in [9.17, 15) is 9.59 Å². The smallest absolute Gasteiger partial charge is 0.259 e. The van der Waals surface area contributed by atoms with E-state index in [2.05, 4.69) is 15.8 Å². The van der Waals surface area contributed by atoms with E-state index in [4.69, 9.17) is 18.9 Å². The molecule has 3 rings (SSSR count). The number of hydrogen-bond acceptors (Lipinski definition) is 7. The van der Waals surface area contributed by atoms with Gasteiger partial charge in [-0.25, -0.2) is 5.43 Å². The Bertz CT molecular complexity index is 973. The number of benzene rings is 2. The zero-order chi connectivity index (χ0) is 21.5. The molecular weight excluding hydrogens is 390 g/mol. The quantitative estimate of drug-likeness (QED) is 0.529. The summed E-state index contributed by atoms with van der Waals surface area (Å²) in [4.78, 5) is 24.3. The number of carbonyl (C=O) groups excluding carboxylic acids is 2. The molecular formula is C21H23N3O6. The van der Waals surface area contributed by atoms with Crippen LogP contribution < -0.4 is 29.7 Å². The molecule has 0 atom stereocenters. The maximum Gasteiger partial charge on any atom is 0.259 e. The SMILES string of the molecule is COc1ccc(C(=O)NCC(=O)N/N=C(/C)c2ccc3c(c2)OCCO3)cc1OC. The van der Waals surface area contributed by atoms with E-state index >= 15 is 0 Å². The lowest BCUT2D eigenvalue weighted by Crippen LogP contribution is -2.35. The van der Waals surface area contributed by atoms with Crippen molar-refractivity contribution in [3.63, 3.8) is 0 Å². The Morgan fingerprint density at radius 2 is 1.67 bits per heavy atom. The summed E-state index contributed by atoms with van der Waals surface area (Å²) in [5.74, 6) is 1.38. The summed E-state index contributed by atoms with van der Waals surface area (Å²) in [5, 5.41) is 6.62. The van der Waals surface area contributed by atoms with Gasteiger partial charge in [0.15, 0.2) is 23.0 Å². The van der Waals surface area contributed by atoms with Gasteiger partial charge >= 0.3 is 0 Å². The molecule has 2 N–H and O–H groups in total. The summed E-state index contributed by atoms with van der Waals surface area (Å²) in [6.45, 7) is 2.53. The first-order valence-corrected chi connectivity index (χ1v) is 9.25. The van der Waals surface area contributed by atoms with Gasteiger partial charge in [-0.15, -0.1) is 0 Å². The van der Waals surface area contributed by atoms with E-state index in [0.717, 1.165) is 5.56 Å². The van der Waals surface area contributed by atoms with Gasteiger partial charge in [-0.05, 0) is 43.3 Å². The molecule has 1 aliphatic rings. The van der Waals surface area contributed by atoms with Crippen molar-refractivity contribution in [1.82, 2.24) is 10.7 Å². The molecule has 9 heteroatoms. The summed E-state index contributed by atoms with van der Waals surface area (Å²) in [6, 6.07) is 10.2. The molecule has 0 unspecified atom stereocenters. The fourth-order valence-electron chi connectivity index (χ4n) is 2.76. The minimum atomic E-state index is -0.458. The molecule has 0 spiro atoms. The largest absolute Gasteiger partial charge is 0.493 e. The van der Waals surface area contributed by atoms with Crippen LogP contribution in [0.4, 0.5) is 0 Å². The van der Waals surface area contributed by atoms with Crippen LogP contribution in [0.15, 0.2) is 41.5 Å². The highest BCUT2D eigenvalue weighted by atomic mass is 16.6. The Hall–Kier alpha value is -3.75. The molecule has 2 aromatic rings. The summed E-state index contributed by atoms with van der Waals surface area (Å²) in [5.41, 5.74) is 4.15. The van der Waals surface area contributed by atoms with E-state index < -0.39 is 11.8 Å². The Balaban J connectivity index is 1.54. The van der Waals surface area contributed by atoms with Gasteiger partial charge in [0.1, 0.15) is 13.2 Å². The predicted octanol–water partition coefficient (Wildman–Crippen LogP) is 1.75. The molecule has 158 valence electrons. The van der Waals surface area contributed by atoms with Gasteiger partial charge < -0.3 is 24.3 Å². The lowest BCUT2D eigenvalue weighted by molar-refractivity contribution is -0.120. The second-order valence-corrected chi connectivity index (χ2v) is 6.34. The van der Waals surface area contributed by atoms with Crippen LogP contribution in [0.3, 0.4) is 0 Å². The molecule has 0 fully saturated rings. The zero-order valence-corrected chi connectivity index (χ0v) is 17.0. The van der Waals surface area contributed by atoms with Crippen LogP contribution in [0.5, 0.6) is 23.0 Å². The van der Waals surface area contributed by atoms with Crippen molar-refractivity contribution in [3.8, 4) is 23.0 Å². The monoisotopic (exact) mass is 413 g/mol. The molecule has 0 bridgehead atoms. The number of carbonyl (C=O) groups is 2. The van der Waals surface area contributed by atoms with Crippen molar-refractivity contribution >= 4 is 17.5 Å². The number of ether oxygens (including phenoxy) is 4. The van der Waals surface area contributed by atoms with Crippen LogP contribution in [0.1, 0.15) is 22.8 Å². The van der Waals surface area contributed by atoms with Crippen molar-refractivity contribution in [2.24, 2.45) is 5.10 Å². The third kappa shape index (κ3) is 4.99. The standard InChI is InChI=1S/C21H23N3O6/c1-13(14-4-7-17-19(10-14)30-9-8-29-17)23-24-20(25)12-22-21(26)15-5-6-16(27-2)18(11-15)28-3/h4-7,10-11H,8-9,12H2,1-3H3,(H,22,26)(H,24,25)/b23-13-. The third-order valence-corrected chi connectivity index (χ3v) is 4.36. The van der Waals surface area contributed by atoms with Crippen LogP contribution in [-0.4, -0.2) is 51.5 Å². The summed E-state index contributed by atoms with van der Waals surface area (Å²) in [7, 11) is 2.99. The van der Waals surface area contributed by atoms with Crippen LogP contribution >= 0.6 is 0 Å². The zero-order valence-electron chi connectivity index (χ0n) is 17.0. The number of hydrazone groups is 1. The fraction of sp³-hybridized carbons (Fsp3) is 0.286. The summed E-state index contributed by atoms with van der Waals surface area (Å²) < 4.78 is 21.3. The first-order valence-electron chi connectivity index (χ1n) is 9.25. The molecule has 0 radical (unpaired) electrons. The Kier molecular flexibility index (Phi) is 6.74. The number of amides is 2. The fourth-order valence-corrected chi connectivity index (χ4v) is 2.76. The second kappa shape index (κ2) is 9.64. The van der Waals surface area contributed by atoms with Crippen LogP contribution in [0.2, 0.25) is 0 Å². The highest BCUT2D eigenvalue weighted by Gasteiger charge is 2.14. The molecule has 0 saturated heterocycles. The van der Waals surface area contributed by atoms with Crippen molar-refractivity contribution in [3.05, 3.63) is 47.5 Å². The molecule has 2 aromatic carbocycles. The topological polar surface area (TPSA) is 107 Å². The van der Waals surface area contributed by atoms with Crippen LogP contribution in [-0.2, 0) is 4.79 Å². The summed E-state index contributed by atoms with van der Waals surface area (Å²) in [6.07, 6.45) is 0. The van der Waals surface area contributed by atoms with E-state index in [-0.39, 0.29) is 6.54 Å². The average molecular weight is 413 g/mol. The number of nitrogens with one attached hydrogen (secondary N) is 2. The minimum Gasteiger partial charge on any atom is -0.493 e. The Labute approximate surface area is 174 Å². The van der Waals surface area contributed by atoms with Gasteiger partial charge in [-0.1, -0.05) is 0 Å². The predicted molar refractivity (Wildman–Crippen MR) is 110 cm³/mol. The number of rotatable bonds is 7. The number of hydrogen-bond donors (Lipinski definition) is 2. The molecule has 1 heterocycles. The highest BCUT2D eigenvalue weighted by Crippen LogP contribution is 2.31. The van der Waals surface area contributed by atoms with Crippen molar-refractivity contribution in [1.29, 1.82) is 0 Å². The van der Waals surface area contributed by atoms with Gasteiger partial charge in [0, 0.05) is 11.1 Å². The molecule has 30 heavy (non-hydrogen) atoms. The van der Waals surface area contributed by atoms with E-state index in [1.807, 2.05) is 6.07 Å². The van der Waals surface area contributed by atoms with E-state index in [1.165, 1.54) is 20.3 Å². The number of fused-ring (bicyclic) bond motifs is 1. The maximum atomic E-state index is 12.3. The second-order valence-electron chi connectivity index (χ2n) is 6.34. The molecule has 9 nitrogen and oxygen atoms in total. The first kappa shape index (κ1) is 21.0. The molecule has 0 saturated carbocycles. The van der Waals surface area contributed by atoms with Crippen LogP contribution in [0, 0.1) is 0 Å². The Morgan fingerprint density at radius 1 is 0.967 bits per heavy atom. The van der Waals surface area contributed by atoms with Crippen molar-refractivity contribution in [2.75, 3.05) is 34.0 Å². The third-order valence-electron chi connectivity index (χ3n) is 4.36. The van der Waals surface area contributed by atoms with Crippen LogP contribution in [0.25, 0.3) is 0 Å². The lowest BCUT2D eigenvalue weighted by atomic mass is 10.1. The maximum absolute atomic E-state index is 12.3. The van der Waals surface area contributed by atoms with Gasteiger partial charge in [-0.3, -0.25) is 9.59 Å². The van der Waals surface area contributed by atoms with Gasteiger partial charge in [-0.2, -0.15) is 5.10 Å². The number of nitrogens with zero attached hydrogens (tertiary/aromatic N) is 1.